The average molecular weight is 257 g/mol. The Hall–Kier alpha value is -1.54. The molecule has 0 aromatic carbocycles. The highest BCUT2D eigenvalue weighted by Gasteiger charge is 2.34. The van der Waals surface area contributed by atoms with Gasteiger partial charge in [0.25, 0.3) is 5.91 Å². The topological polar surface area (TPSA) is 81.6 Å². The molecule has 92 valence electrons. The van der Waals surface area contributed by atoms with Gasteiger partial charge in [0.05, 0.1) is 38.2 Å². The van der Waals surface area contributed by atoms with Crippen LogP contribution in [0.5, 0.6) is 0 Å². The van der Waals surface area contributed by atoms with Crippen LogP contribution in [0.2, 0.25) is 0 Å². The Morgan fingerprint density at radius 3 is 3.12 bits per heavy atom. The van der Waals surface area contributed by atoms with E-state index in [9.17, 15) is 9.59 Å². The summed E-state index contributed by atoms with van der Waals surface area (Å²) in [5.74, 6) is -0.807. The Morgan fingerprint density at radius 1 is 1.65 bits per heavy atom. The van der Waals surface area contributed by atoms with E-state index in [1.165, 1.54) is 18.2 Å². The van der Waals surface area contributed by atoms with E-state index in [2.05, 4.69) is 13.5 Å². The number of nitrogens with zero attached hydrogens (tertiary/aromatic N) is 3. The number of hydrogen-bond donors (Lipinski definition) is 0. The van der Waals surface area contributed by atoms with Crippen molar-refractivity contribution in [3.05, 3.63) is 11.9 Å². The maximum Gasteiger partial charge on any atom is 0.331 e. The van der Waals surface area contributed by atoms with Crippen LogP contribution in [-0.2, 0) is 14.3 Å². The minimum absolute atomic E-state index is 0.149. The number of methoxy groups -OCH3 is 1. The molecular weight excluding hydrogens is 246 g/mol. The van der Waals surface area contributed by atoms with Crippen LogP contribution in [0.3, 0.4) is 0 Å². The molecule has 0 aliphatic carbocycles. The number of esters is 1. The van der Waals surface area contributed by atoms with Crippen molar-refractivity contribution in [3.8, 4) is 0 Å². The highest BCUT2D eigenvalue weighted by Crippen LogP contribution is 2.12. The number of rotatable bonds is 2. The summed E-state index contributed by atoms with van der Waals surface area (Å²) in [6.07, 6.45) is 1.39. The summed E-state index contributed by atoms with van der Waals surface area (Å²) >= 11 is 0.952. The summed E-state index contributed by atoms with van der Waals surface area (Å²) in [5, 5.41) is 0. The van der Waals surface area contributed by atoms with Crippen molar-refractivity contribution in [2.24, 2.45) is 0 Å². The van der Waals surface area contributed by atoms with Crippen molar-refractivity contribution in [1.82, 2.24) is 13.6 Å². The predicted octanol–water partition coefficient (Wildman–Crippen LogP) is -0.448. The van der Waals surface area contributed by atoms with Gasteiger partial charge in [-0.1, -0.05) is 0 Å². The van der Waals surface area contributed by atoms with Crippen molar-refractivity contribution in [2.45, 2.75) is 6.04 Å². The SMILES string of the molecule is COC(=O)C1COCCN1C(=O)c1cnsn1. The molecule has 0 bridgehead atoms. The van der Waals surface area contributed by atoms with Gasteiger partial charge in [0.15, 0.2) is 11.7 Å². The Morgan fingerprint density at radius 2 is 2.47 bits per heavy atom. The molecule has 0 radical (unpaired) electrons. The molecule has 8 heteroatoms. The quantitative estimate of drug-likeness (QED) is 0.668. The number of ether oxygens (including phenoxy) is 2. The second-order valence-electron chi connectivity index (χ2n) is 3.41. The number of amides is 1. The zero-order valence-electron chi connectivity index (χ0n) is 9.16. The highest BCUT2D eigenvalue weighted by molar-refractivity contribution is 6.99. The van der Waals surface area contributed by atoms with Gasteiger partial charge in [-0.15, -0.1) is 0 Å². The molecule has 1 aliphatic rings. The van der Waals surface area contributed by atoms with Crippen molar-refractivity contribution in [1.29, 1.82) is 0 Å². The minimum Gasteiger partial charge on any atom is -0.467 e. The fraction of sp³-hybridized carbons (Fsp3) is 0.556. The van der Waals surface area contributed by atoms with Crippen LogP contribution in [0.4, 0.5) is 0 Å². The molecule has 1 amide bonds. The van der Waals surface area contributed by atoms with Gasteiger partial charge in [-0.3, -0.25) is 4.79 Å². The van der Waals surface area contributed by atoms with E-state index >= 15 is 0 Å². The molecule has 2 rings (SSSR count). The summed E-state index contributed by atoms with van der Waals surface area (Å²) in [5.41, 5.74) is 0.241. The maximum atomic E-state index is 12.1. The maximum absolute atomic E-state index is 12.1. The number of carbonyl (C=O) groups excluding carboxylic acids is 2. The fourth-order valence-corrected chi connectivity index (χ4v) is 1.99. The number of carbonyl (C=O) groups is 2. The van der Waals surface area contributed by atoms with Gasteiger partial charge >= 0.3 is 5.97 Å². The van der Waals surface area contributed by atoms with Crippen LogP contribution in [-0.4, -0.2) is 58.4 Å². The molecule has 1 fully saturated rings. The lowest BCUT2D eigenvalue weighted by Gasteiger charge is -2.32. The summed E-state index contributed by atoms with van der Waals surface area (Å²) in [6, 6.07) is -0.706. The molecule has 0 saturated carbocycles. The van der Waals surface area contributed by atoms with Crippen LogP contribution in [0.25, 0.3) is 0 Å². The van der Waals surface area contributed by atoms with Gasteiger partial charge in [0.2, 0.25) is 0 Å². The molecule has 0 N–H and O–H groups in total. The molecule has 17 heavy (non-hydrogen) atoms. The van der Waals surface area contributed by atoms with Crippen molar-refractivity contribution < 1.29 is 19.1 Å². The third-order valence-corrected chi connectivity index (χ3v) is 2.92. The first-order chi connectivity index (χ1) is 8.24. The zero-order valence-corrected chi connectivity index (χ0v) is 9.98. The van der Waals surface area contributed by atoms with Crippen LogP contribution < -0.4 is 0 Å². The van der Waals surface area contributed by atoms with Gasteiger partial charge in [-0.2, -0.15) is 8.75 Å². The van der Waals surface area contributed by atoms with Gasteiger partial charge < -0.3 is 14.4 Å². The second-order valence-corrected chi connectivity index (χ2v) is 3.96. The fourth-order valence-electron chi connectivity index (χ4n) is 1.58. The first-order valence-corrected chi connectivity index (χ1v) is 5.71. The van der Waals surface area contributed by atoms with E-state index in [0.29, 0.717) is 13.2 Å². The minimum atomic E-state index is -0.706. The molecule has 1 unspecified atom stereocenters. The van der Waals surface area contributed by atoms with Crippen LogP contribution in [0.15, 0.2) is 6.20 Å². The molecule has 1 aromatic rings. The lowest BCUT2D eigenvalue weighted by Crippen LogP contribution is -2.53. The Bertz CT molecular complexity index is 408. The van der Waals surface area contributed by atoms with E-state index in [-0.39, 0.29) is 18.2 Å². The first kappa shape index (κ1) is 11.9. The third-order valence-electron chi connectivity index (χ3n) is 2.44. The third kappa shape index (κ3) is 2.42. The van der Waals surface area contributed by atoms with E-state index < -0.39 is 12.0 Å². The van der Waals surface area contributed by atoms with Crippen molar-refractivity contribution in [2.75, 3.05) is 26.9 Å². The Kier molecular flexibility index (Phi) is 3.64. The number of hydrogen-bond acceptors (Lipinski definition) is 7. The van der Waals surface area contributed by atoms with E-state index in [0.717, 1.165) is 11.7 Å². The molecule has 0 spiro atoms. The van der Waals surface area contributed by atoms with Crippen LogP contribution in [0, 0.1) is 0 Å². The molecule has 7 nitrogen and oxygen atoms in total. The van der Waals surface area contributed by atoms with Gasteiger partial charge in [0.1, 0.15) is 0 Å². The van der Waals surface area contributed by atoms with Gasteiger partial charge in [-0.05, 0) is 0 Å². The predicted molar refractivity (Wildman–Crippen MR) is 57.6 cm³/mol. The highest BCUT2D eigenvalue weighted by atomic mass is 32.1. The van der Waals surface area contributed by atoms with E-state index in [1.54, 1.807) is 0 Å². The van der Waals surface area contributed by atoms with Gasteiger partial charge in [0, 0.05) is 6.54 Å². The van der Waals surface area contributed by atoms with Crippen LogP contribution >= 0.6 is 11.7 Å². The monoisotopic (exact) mass is 257 g/mol. The Labute approximate surface area is 102 Å². The normalized spacial score (nSPS) is 20.1. The Balaban J connectivity index is 2.16. The summed E-state index contributed by atoms with van der Waals surface area (Å²) in [4.78, 5) is 25.0. The largest absolute Gasteiger partial charge is 0.467 e. The molecular formula is C9H11N3O4S. The summed E-state index contributed by atoms with van der Waals surface area (Å²) in [6.45, 7) is 0.892. The molecule has 1 aromatic heterocycles. The molecule has 1 saturated heterocycles. The summed E-state index contributed by atoms with van der Waals surface area (Å²) < 4.78 is 17.4. The van der Waals surface area contributed by atoms with Crippen LogP contribution in [0.1, 0.15) is 10.5 Å². The van der Waals surface area contributed by atoms with E-state index in [1.807, 2.05) is 0 Å². The lowest BCUT2D eigenvalue weighted by atomic mass is 10.2. The number of aromatic nitrogens is 2. The number of morpholine rings is 1. The standard InChI is InChI=1S/C9H11N3O4S/c1-15-9(14)7-5-16-3-2-12(7)8(13)6-4-10-17-11-6/h4,7H,2-3,5H2,1H3. The average Bonchev–Trinajstić information content (AvgIpc) is 2.91. The summed E-state index contributed by atoms with van der Waals surface area (Å²) in [7, 11) is 1.28. The molecule has 1 atom stereocenters. The van der Waals surface area contributed by atoms with E-state index in [4.69, 9.17) is 4.74 Å². The molecule has 1 aliphatic heterocycles. The van der Waals surface area contributed by atoms with Crippen molar-refractivity contribution >= 4 is 23.6 Å². The smallest absolute Gasteiger partial charge is 0.331 e. The first-order valence-electron chi connectivity index (χ1n) is 4.98. The van der Waals surface area contributed by atoms with Gasteiger partial charge in [-0.25, -0.2) is 4.79 Å². The van der Waals surface area contributed by atoms with Crippen molar-refractivity contribution in [3.63, 3.8) is 0 Å². The molecule has 2 heterocycles. The lowest BCUT2D eigenvalue weighted by molar-refractivity contribution is -0.151. The zero-order chi connectivity index (χ0) is 12.3. The second kappa shape index (κ2) is 5.19.